The van der Waals surface area contributed by atoms with E-state index in [1.807, 2.05) is 48.5 Å². The van der Waals surface area contributed by atoms with Crippen LogP contribution in [-0.4, -0.2) is 24.1 Å². The first kappa shape index (κ1) is 18.0. The Morgan fingerprint density at radius 2 is 1.88 bits per heavy atom. The van der Waals surface area contributed by atoms with Crippen LogP contribution in [0.1, 0.15) is 36.8 Å². The molecule has 5 heteroatoms. The number of amides is 1. The molecule has 136 valence electrons. The molecule has 2 aromatic carbocycles. The van der Waals surface area contributed by atoms with E-state index in [2.05, 4.69) is 5.32 Å². The van der Waals surface area contributed by atoms with Crippen LogP contribution in [0.25, 0.3) is 0 Å². The van der Waals surface area contributed by atoms with Crippen LogP contribution < -0.4 is 10.1 Å². The Kier molecular flexibility index (Phi) is 5.26. The third-order valence-electron chi connectivity index (χ3n) is 5.10. The number of rotatable bonds is 7. The van der Waals surface area contributed by atoms with Gasteiger partial charge in [-0.05, 0) is 54.7 Å². The highest BCUT2D eigenvalue weighted by Crippen LogP contribution is 2.45. The maximum absolute atomic E-state index is 13.0. The molecule has 1 aliphatic carbocycles. The predicted octanol–water partition coefficient (Wildman–Crippen LogP) is 3.77. The third-order valence-corrected chi connectivity index (χ3v) is 5.10. The molecule has 1 aliphatic rings. The van der Waals surface area contributed by atoms with Crippen molar-refractivity contribution >= 4 is 17.6 Å². The summed E-state index contributed by atoms with van der Waals surface area (Å²) in [4.78, 5) is 23.7. The van der Waals surface area contributed by atoms with Gasteiger partial charge in [0.15, 0.2) is 0 Å². The van der Waals surface area contributed by atoms with E-state index in [1.165, 1.54) is 0 Å². The number of nitrogens with one attached hydrogen (secondary N) is 1. The molecule has 1 saturated carbocycles. The van der Waals surface area contributed by atoms with Gasteiger partial charge in [0.1, 0.15) is 5.75 Å². The number of aliphatic carboxylic acids is 1. The molecule has 26 heavy (non-hydrogen) atoms. The van der Waals surface area contributed by atoms with Crippen LogP contribution in [0.15, 0.2) is 48.5 Å². The summed E-state index contributed by atoms with van der Waals surface area (Å²) in [6, 6.07) is 15.1. The summed E-state index contributed by atoms with van der Waals surface area (Å²) >= 11 is 0. The van der Waals surface area contributed by atoms with Gasteiger partial charge in [0.2, 0.25) is 5.91 Å². The number of carbonyl (C=O) groups excluding carboxylic acids is 1. The third kappa shape index (κ3) is 3.72. The molecule has 0 saturated heterocycles. The number of ether oxygens (including phenoxy) is 1. The van der Waals surface area contributed by atoms with E-state index in [4.69, 9.17) is 9.84 Å². The van der Waals surface area contributed by atoms with Crippen LogP contribution >= 0.6 is 0 Å². The number of carboxylic acids is 1. The first-order valence-electron chi connectivity index (χ1n) is 8.80. The SMILES string of the molecule is COc1ccc(C2(C(=O)Nc3cccc(CCC(=O)O)c3)CCC2)cc1. The van der Waals surface area contributed by atoms with Crippen molar-refractivity contribution < 1.29 is 19.4 Å². The topological polar surface area (TPSA) is 75.6 Å². The summed E-state index contributed by atoms with van der Waals surface area (Å²) in [5, 5.41) is 11.8. The van der Waals surface area contributed by atoms with Gasteiger partial charge in [-0.15, -0.1) is 0 Å². The second-order valence-corrected chi connectivity index (χ2v) is 6.71. The Bertz CT molecular complexity index is 794. The van der Waals surface area contributed by atoms with Crippen molar-refractivity contribution in [2.45, 2.75) is 37.5 Å². The Labute approximate surface area is 153 Å². The highest BCUT2D eigenvalue weighted by atomic mass is 16.5. The summed E-state index contributed by atoms with van der Waals surface area (Å²) in [6.45, 7) is 0. The monoisotopic (exact) mass is 353 g/mol. The average Bonchev–Trinajstić information content (AvgIpc) is 2.60. The molecule has 0 aromatic heterocycles. The quantitative estimate of drug-likeness (QED) is 0.794. The van der Waals surface area contributed by atoms with Gasteiger partial charge in [-0.3, -0.25) is 9.59 Å². The van der Waals surface area contributed by atoms with Crippen LogP contribution in [0.3, 0.4) is 0 Å². The molecule has 0 heterocycles. The molecular formula is C21H23NO4. The summed E-state index contributed by atoms with van der Waals surface area (Å²) in [6.07, 6.45) is 3.20. The summed E-state index contributed by atoms with van der Waals surface area (Å²) in [7, 11) is 1.62. The van der Waals surface area contributed by atoms with E-state index >= 15 is 0 Å². The van der Waals surface area contributed by atoms with E-state index in [9.17, 15) is 9.59 Å². The second-order valence-electron chi connectivity index (χ2n) is 6.71. The molecule has 0 unspecified atom stereocenters. The molecule has 0 radical (unpaired) electrons. The fraction of sp³-hybridized carbons (Fsp3) is 0.333. The second kappa shape index (κ2) is 7.60. The smallest absolute Gasteiger partial charge is 0.303 e. The maximum Gasteiger partial charge on any atom is 0.303 e. The van der Waals surface area contributed by atoms with Gasteiger partial charge in [-0.1, -0.05) is 30.7 Å². The van der Waals surface area contributed by atoms with E-state index in [0.717, 1.165) is 36.1 Å². The van der Waals surface area contributed by atoms with Crippen molar-refractivity contribution in [2.75, 3.05) is 12.4 Å². The number of aryl methyl sites for hydroxylation is 1. The standard InChI is InChI=1S/C21H23NO4/c1-26-18-9-7-16(8-10-18)21(12-3-13-21)20(25)22-17-5-2-4-15(14-17)6-11-19(23)24/h2,4-5,7-10,14H,3,6,11-13H2,1H3,(H,22,25)(H,23,24). The molecule has 2 N–H and O–H groups in total. The first-order chi connectivity index (χ1) is 12.5. The fourth-order valence-electron chi connectivity index (χ4n) is 3.39. The number of hydrogen-bond donors (Lipinski definition) is 2. The van der Waals surface area contributed by atoms with Crippen molar-refractivity contribution in [3.8, 4) is 5.75 Å². The Balaban J connectivity index is 1.75. The van der Waals surface area contributed by atoms with Crippen molar-refractivity contribution in [2.24, 2.45) is 0 Å². The van der Waals surface area contributed by atoms with Crippen LogP contribution in [-0.2, 0) is 21.4 Å². The molecule has 0 spiro atoms. The zero-order chi connectivity index (χ0) is 18.6. The average molecular weight is 353 g/mol. The van der Waals surface area contributed by atoms with Gasteiger partial charge in [-0.2, -0.15) is 0 Å². The van der Waals surface area contributed by atoms with Gasteiger partial charge in [0.25, 0.3) is 0 Å². The van der Waals surface area contributed by atoms with Gasteiger partial charge < -0.3 is 15.2 Å². The highest BCUT2D eigenvalue weighted by molar-refractivity contribution is 6.00. The van der Waals surface area contributed by atoms with E-state index < -0.39 is 11.4 Å². The normalized spacial score (nSPS) is 15.0. The molecule has 0 bridgehead atoms. The van der Waals surface area contributed by atoms with E-state index in [0.29, 0.717) is 12.1 Å². The predicted molar refractivity (Wildman–Crippen MR) is 99.6 cm³/mol. The molecule has 3 rings (SSSR count). The Hall–Kier alpha value is -2.82. The number of carbonyl (C=O) groups is 2. The van der Waals surface area contributed by atoms with Gasteiger partial charge >= 0.3 is 5.97 Å². The zero-order valence-electron chi connectivity index (χ0n) is 14.8. The van der Waals surface area contributed by atoms with Gasteiger partial charge in [0, 0.05) is 12.1 Å². The Morgan fingerprint density at radius 3 is 2.46 bits per heavy atom. The molecule has 0 aliphatic heterocycles. The molecule has 1 amide bonds. The number of methoxy groups -OCH3 is 1. The number of hydrogen-bond acceptors (Lipinski definition) is 3. The van der Waals surface area contributed by atoms with Crippen LogP contribution in [0.2, 0.25) is 0 Å². The lowest BCUT2D eigenvalue weighted by atomic mass is 9.63. The lowest BCUT2D eigenvalue weighted by Gasteiger charge is -2.40. The van der Waals surface area contributed by atoms with Crippen LogP contribution in [0.4, 0.5) is 5.69 Å². The lowest BCUT2D eigenvalue weighted by Crippen LogP contribution is -2.46. The Morgan fingerprint density at radius 1 is 1.15 bits per heavy atom. The minimum Gasteiger partial charge on any atom is -0.497 e. The maximum atomic E-state index is 13.0. The van der Waals surface area contributed by atoms with Crippen molar-refractivity contribution in [3.05, 3.63) is 59.7 Å². The first-order valence-corrected chi connectivity index (χ1v) is 8.80. The lowest BCUT2D eigenvalue weighted by molar-refractivity contribution is -0.137. The molecule has 0 atom stereocenters. The molecule has 1 fully saturated rings. The van der Waals surface area contributed by atoms with Crippen molar-refractivity contribution in [1.29, 1.82) is 0 Å². The summed E-state index contributed by atoms with van der Waals surface area (Å²) in [5.41, 5.74) is 2.11. The number of benzene rings is 2. The molecule has 5 nitrogen and oxygen atoms in total. The summed E-state index contributed by atoms with van der Waals surface area (Å²) < 4.78 is 5.20. The highest BCUT2D eigenvalue weighted by Gasteiger charge is 2.45. The molecular weight excluding hydrogens is 330 g/mol. The minimum atomic E-state index is -0.827. The largest absolute Gasteiger partial charge is 0.497 e. The van der Waals surface area contributed by atoms with Crippen molar-refractivity contribution in [1.82, 2.24) is 0 Å². The van der Waals surface area contributed by atoms with Crippen molar-refractivity contribution in [3.63, 3.8) is 0 Å². The van der Waals surface area contributed by atoms with Crippen LogP contribution in [0.5, 0.6) is 5.75 Å². The summed E-state index contributed by atoms with van der Waals surface area (Å²) in [5.74, 6) is -0.0635. The zero-order valence-corrected chi connectivity index (χ0v) is 14.8. The molecule has 2 aromatic rings. The minimum absolute atomic E-state index is 0.00991. The van der Waals surface area contributed by atoms with Crippen LogP contribution in [0, 0.1) is 0 Å². The van der Waals surface area contributed by atoms with Gasteiger partial charge in [-0.25, -0.2) is 0 Å². The van der Waals surface area contributed by atoms with E-state index in [1.54, 1.807) is 7.11 Å². The number of anilines is 1. The number of carboxylic acid groups (broad SMARTS) is 1. The van der Waals surface area contributed by atoms with E-state index in [-0.39, 0.29) is 12.3 Å². The van der Waals surface area contributed by atoms with Gasteiger partial charge in [0.05, 0.1) is 12.5 Å². The fourth-order valence-corrected chi connectivity index (χ4v) is 3.39.